The molecule has 8 nitrogen and oxygen atoms in total. The molecule has 0 amide bonds. The van der Waals surface area contributed by atoms with Gasteiger partial charge in [-0.25, -0.2) is 9.78 Å². The molecule has 9 heteroatoms. The van der Waals surface area contributed by atoms with Crippen molar-refractivity contribution in [3.63, 3.8) is 0 Å². The number of rotatable bonds is 8. The molecule has 0 saturated carbocycles. The number of hydrogen-bond acceptors (Lipinski definition) is 7. The maximum absolute atomic E-state index is 12.8. The number of esters is 2. The Labute approximate surface area is 207 Å². The van der Waals surface area contributed by atoms with E-state index in [0.29, 0.717) is 4.80 Å². The number of para-hydroxylation sites is 1. The van der Waals surface area contributed by atoms with Gasteiger partial charge in [-0.05, 0) is 38.5 Å². The van der Waals surface area contributed by atoms with Crippen LogP contribution in [0.25, 0.3) is 16.9 Å². The van der Waals surface area contributed by atoms with Crippen LogP contribution in [0.15, 0.2) is 71.3 Å². The van der Waals surface area contributed by atoms with Gasteiger partial charge in [-0.1, -0.05) is 48.0 Å². The van der Waals surface area contributed by atoms with Crippen molar-refractivity contribution in [2.24, 2.45) is 4.99 Å². The summed E-state index contributed by atoms with van der Waals surface area (Å²) in [6.07, 6.45) is 1.41. The van der Waals surface area contributed by atoms with Crippen LogP contribution in [0.5, 0.6) is 0 Å². The molecule has 0 bridgehead atoms. The summed E-state index contributed by atoms with van der Waals surface area (Å²) in [6.45, 7) is 5.76. The van der Waals surface area contributed by atoms with Gasteiger partial charge >= 0.3 is 11.9 Å². The molecule has 35 heavy (non-hydrogen) atoms. The van der Waals surface area contributed by atoms with E-state index in [9.17, 15) is 9.59 Å². The lowest BCUT2D eigenvalue weighted by molar-refractivity contribution is -0.143. The van der Waals surface area contributed by atoms with Crippen molar-refractivity contribution in [3.05, 3.63) is 82.4 Å². The predicted molar refractivity (Wildman–Crippen MR) is 134 cm³/mol. The predicted octanol–water partition coefficient (Wildman–Crippen LogP) is 4.68. The minimum Gasteiger partial charge on any atom is -0.465 e. The number of carbonyl (C=O) groups is 2. The van der Waals surface area contributed by atoms with Gasteiger partial charge < -0.3 is 14.0 Å². The molecule has 4 aromatic rings. The normalized spacial score (nSPS) is 11.5. The van der Waals surface area contributed by atoms with Crippen LogP contribution >= 0.6 is 11.3 Å². The van der Waals surface area contributed by atoms with Crippen molar-refractivity contribution < 1.29 is 19.1 Å². The minimum absolute atomic E-state index is 0.102. The van der Waals surface area contributed by atoms with E-state index in [2.05, 4.69) is 29.2 Å². The van der Waals surface area contributed by atoms with E-state index in [-0.39, 0.29) is 31.3 Å². The lowest BCUT2D eigenvalue weighted by atomic mass is 10.1. The number of nitrogens with zero attached hydrogens (tertiary/aromatic N) is 4. The Morgan fingerprint density at radius 1 is 1.00 bits per heavy atom. The molecule has 0 aliphatic heterocycles. The van der Waals surface area contributed by atoms with Crippen LogP contribution in [0.1, 0.15) is 29.9 Å². The van der Waals surface area contributed by atoms with Crippen LogP contribution in [0.2, 0.25) is 0 Å². The van der Waals surface area contributed by atoms with Crippen molar-refractivity contribution in [1.82, 2.24) is 14.1 Å². The van der Waals surface area contributed by atoms with Crippen LogP contribution in [0.3, 0.4) is 0 Å². The Bertz CT molecular complexity index is 1380. The summed E-state index contributed by atoms with van der Waals surface area (Å²) in [5.41, 5.74) is 4.20. The maximum atomic E-state index is 12.8. The highest BCUT2D eigenvalue weighted by molar-refractivity contribution is 7.07. The summed E-state index contributed by atoms with van der Waals surface area (Å²) in [5.74, 6) is -0.900. The SMILES string of the molecule is CCOC(=O)Cn1cnc(N=c2scc(-c3ccc(C)cc3)n2-c2ccccc2)c1C(=O)OCC. The second kappa shape index (κ2) is 11.0. The van der Waals surface area contributed by atoms with E-state index < -0.39 is 11.9 Å². The molecule has 0 N–H and O–H groups in total. The molecular formula is C26H26N4O4S. The first-order valence-electron chi connectivity index (χ1n) is 11.3. The Morgan fingerprint density at radius 2 is 1.71 bits per heavy atom. The number of carbonyl (C=O) groups excluding carboxylic acids is 2. The maximum Gasteiger partial charge on any atom is 0.358 e. The highest BCUT2D eigenvalue weighted by Crippen LogP contribution is 2.25. The summed E-state index contributed by atoms with van der Waals surface area (Å²) in [6, 6.07) is 18.1. The van der Waals surface area contributed by atoms with Crippen LogP contribution in [-0.2, 0) is 20.8 Å². The second-order valence-corrected chi connectivity index (χ2v) is 8.46. The van der Waals surface area contributed by atoms with E-state index in [1.807, 2.05) is 47.2 Å². The molecule has 180 valence electrons. The third kappa shape index (κ3) is 5.41. The van der Waals surface area contributed by atoms with E-state index in [0.717, 1.165) is 16.9 Å². The first-order valence-corrected chi connectivity index (χ1v) is 12.1. The van der Waals surface area contributed by atoms with Gasteiger partial charge in [0.15, 0.2) is 16.3 Å². The zero-order chi connectivity index (χ0) is 24.8. The average Bonchev–Trinajstić information content (AvgIpc) is 3.45. The highest BCUT2D eigenvalue weighted by atomic mass is 32.1. The molecule has 0 aliphatic carbocycles. The molecule has 0 spiro atoms. The summed E-state index contributed by atoms with van der Waals surface area (Å²) in [4.78, 5) is 34.6. The Balaban J connectivity index is 1.88. The number of aromatic nitrogens is 3. The van der Waals surface area contributed by atoms with Crippen LogP contribution in [-0.4, -0.2) is 39.3 Å². The van der Waals surface area contributed by atoms with Crippen LogP contribution < -0.4 is 4.80 Å². The first-order chi connectivity index (χ1) is 17.0. The molecule has 0 unspecified atom stereocenters. The lowest BCUT2D eigenvalue weighted by Crippen LogP contribution is -2.19. The minimum atomic E-state index is -0.602. The van der Waals surface area contributed by atoms with Gasteiger partial charge in [-0.15, -0.1) is 11.3 Å². The van der Waals surface area contributed by atoms with Gasteiger partial charge in [-0.3, -0.25) is 9.36 Å². The van der Waals surface area contributed by atoms with Gasteiger partial charge in [0.05, 0.1) is 25.2 Å². The molecule has 0 radical (unpaired) electrons. The number of aryl methyl sites for hydroxylation is 1. The van der Waals surface area contributed by atoms with Gasteiger partial charge in [0.25, 0.3) is 0 Å². The number of hydrogen-bond donors (Lipinski definition) is 0. The van der Waals surface area contributed by atoms with Crippen LogP contribution in [0, 0.1) is 6.92 Å². The molecule has 2 aromatic heterocycles. The quantitative estimate of drug-likeness (QED) is 0.335. The van der Waals surface area contributed by atoms with Crippen molar-refractivity contribution in [3.8, 4) is 16.9 Å². The number of thiazole rings is 1. The monoisotopic (exact) mass is 490 g/mol. The molecule has 2 aromatic carbocycles. The van der Waals surface area contributed by atoms with E-state index in [1.54, 1.807) is 13.8 Å². The van der Waals surface area contributed by atoms with Gasteiger partial charge in [0, 0.05) is 11.1 Å². The Hall–Kier alpha value is -3.98. The highest BCUT2D eigenvalue weighted by Gasteiger charge is 2.22. The van der Waals surface area contributed by atoms with Crippen molar-refractivity contribution in [2.75, 3.05) is 13.2 Å². The van der Waals surface area contributed by atoms with Crippen molar-refractivity contribution in [2.45, 2.75) is 27.3 Å². The molecular weight excluding hydrogens is 464 g/mol. The largest absolute Gasteiger partial charge is 0.465 e. The van der Waals surface area contributed by atoms with E-state index >= 15 is 0 Å². The Kier molecular flexibility index (Phi) is 7.57. The summed E-state index contributed by atoms with van der Waals surface area (Å²) < 4.78 is 13.7. The van der Waals surface area contributed by atoms with Crippen LogP contribution in [0.4, 0.5) is 5.82 Å². The zero-order valence-corrected chi connectivity index (χ0v) is 20.6. The molecule has 4 rings (SSSR count). The zero-order valence-electron chi connectivity index (χ0n) is 19.8. The number of imidazole rings is 1. The van der Waals surface area contributed by atoms with Crippen molar-refractivity contribution in [1.29, 1.82) is 0 Å². The molecule has 2 heterocycles. The summed E-state index contributed by atoms with van der Waals surface area (Å²) in [7, 11) is 0. The Morgan fingerprint density at radius 3 is 2.40 bits per heavy atom. The number of benzene rings is 2. The molecule has 0 atom stereocenters. The first kappa shape index (κ1) is 24.2. The van der Waals surface area contributed by atoms with Gasteiger partial charge in [0.1, 0.15) is 6.54 Å². The lowest BCUT2D eigenvalue weighted by Gasteiger charge is -2.10. The third-order valence-corrected chi connectivity index (χ3v) is 5.99. The smallest absolute Gasteiger partial charge is 0.358 e. The second-order valence-electron chi connectivity index (χ2n) is 7.62. The fourth-order valence-electron chi connectivity index (χ4n) is 3.56. The van der Waals surface area contributed by atoms with E-state index in [4.69, 9.17) is 14.5 Å². The third-order valence-electron chi connectivity index (χ3n) is 5.16. The molecule has 0 aliphatic rings. The standard InChI is InChI=1S/C26H26N4O4S/c1-4-33-22(31)15-29-17-27-24(23(29)25(32)34-5-2)28-26-30(20-9-7-6-8-10-20)21(16-35-26)19-13-11-18(3)12-14-19/h6-14,16-17H,4-5,15H2,1-3H3. The summed E-state index contributed by atoms with van der Waals surface area (Å²) in [5, 5.41) is 2.02. The van der Waals surface area contributed by atoms with Gasteiger partial charge in [-0.2, -0.15) is 4.99 Å². The topological polar surface area (TPSA) is 87.7 Å². The average molecular weight is 491 g/mol. The molecule has 0 fully saturated rings. The fraction of sp³-hybridized carbons (Fsp3) is 0.231. The van der Waals surface area contributed by atoms with Gasteiger partial charge in [0.2, 0.25) is 0 Å². The van der Waals surface area contributed by atoms with E-state index in [1.165, 1.54) is 27.8 Å². The fourth-order valence-corrected chi connectivity index (χ4v) is 4.47. The summed E-state index contributed by atoms with van der Waals surface area (Å²) >= 11 is 1.43. The van der Waals surface area contributed by atoms with Crippen molar-refractivity contribution >= 4 is 29.1 Å². The number of ether oxygens (including phenoxy) is 2. The molecule has 0 saturated heterocycles.